The van der Waals surface area contributed by atoms with Gasteiger partial charge in [-0.15, -0.1) is 0 Å². The van der Waals surface area contributed by atoms with Crippen molar-refractivity contribution in [3.05, 3.63) is 72.8 Å². The van der Waals surface area contributed by atoms with E-state index in [0.717, 1.165) is 12.8 Å². The summed E-state index contributed by atoms with van der Waals surface area (Å²) in [5.41, 5.74) is 0. The fourth-order valence-electron chi connectivity index (χ4n) is 4.39. The maximum atomic E-state index is 11.0. The van der Waals surface area contributed by atoms with Crippen LogP contribution in [0.5, 0.6) is 0 Å². The molecule has 34 heavy (non-hydrogen) atoms. The molecule has 2 atom stereocenters. The fourth-order valence-corrected chi connectivity index (χ4v) is 9.04. The van der Waals surface area contributed by atoms with Crippen molar-refractivity contribution in [1.82, 2.24) is 0 Å². The van der Waals surface area contributed by atoms with Gasteiger partial charge in [-0.3, -0.25) is 0 Å². The number of methoxy groups -OCH3 is 2. The van der Waals surface area contributed by atoms with E-state index in [-0.39, 0.29) is 23.5 Å². The van der Waals surface area contributed by atoms with Crippen LogP contribution in [0.2, 0.25) is 5.04 Å². The Hall–Kier alpha value is -2.34. The molecule has 0 aliphatic rings. The van der Waals surface area contributed by atoms with Gasteiger partial charge in [0.15, 0.2) is 6.29 Å². The van der Waals surface area contributed by atoms with Crippen LogP contribution in [0.25, 0.3) is 0 Å². The van der Waals surface area contributed by atoms with Crippen molar-refractivity contribution in [3.8, 4) is 0 Å². The molecule has 0 fully saturated rings. The highest BCUT2D eigenvalue weighted by Gasteiger charge is 2.50. The monoisotopic (exact) mass is 481 g/mol. The lowest BCUT2D eigenvalue weighted by atomic mass is 10.1. The third-order valence-corrected chi connectivity index (χ3v) is 11.2. The number of nitrogens with zero attached hydrogens (tertiary/aromatic N) is 1. The Labute approximate surface area is 206 Å². The predicted octanol–water partition coefficient (Wildman–Crippen LogP) is 5.00. The Kier molecular flexibility index (Phi) is 11.1. The minimum absolute atomic E-state index is 0.104. The molecular weight excluding hydrogens is 442 g/mol. The molecular formula is C28H39NO4Si. The van der Waals surface area contributed by atoms with Gasteiger partial charge < -0.3 is 13.9 Å². The van der Waals surface area contributed by atoms with Gasteiger partial charge in [-0.2, -0.15) is 4.99 Å². The Balaban J connectivity index is 2.30. The van der Waals surface area contributed by atoms with E-state index in [2.05, 4.69) is 81.2 Å². The van der Waals surface area contributed by atoms with Gasteiger partial charge in [-0.05, 0) is 41.6 Å². The van der Waals surface area contributed by atoms with E-state index in [1.807, 2.05) is 24.3 Å². The third-order valence-electron chi connectivity index (χ3n) is 6.07. The molecule has 0 aliphatic heterocycles. The average molecular weight is 482 g/mol. The highest BCUT2D eigenvalue weighted by molar-refractivity contribution is 6.99. The summed E-state index contributed by atoms with van der Waals surface area (Å²) < 4.78 is 17.5. The number of benzene rings is 2. The van der Waals surface area contributed by atoms with Crippen LogP contribution in [0.1, 0.15) is 47.0 Å². The molecule has 2 aromatic carbocycles. The molecule has 6 heteroatoms. The zero-order valence-corrected chi connectivity index (χ0v) is 22.4. The van der Waals surface area contributed by atoms with E-state index in [0.29, 0.717) is 6.42 Å². The second-order valence-electron chi connectivity index (χ2n) is 9.49. The molecule has 0 aliphatic carbocycles. The molecule has 0 bridgehead atoms. The second kappa shape index (κ2) is 13.5. The van der Waals surface area contributed by atoms with Crippen LogP contribution in [0.3, 0.4) is 0 Å². The Morgan fingerprint density at radius 1 is 0.912 bits per heavy atom. The topological polar surface area (TPSA) is 57.1 Å². The van der Waals surface area contributed by atoms with Crippen LogP contribution in [0.15, 0.2) is 77.8 Å². The number of rotatable bonds is 13. The van der Waals surface area contributed by atoms with Gasteiger partial charge in [0.25, 0.3) is 8.32 Å². The Morgan fingerprint density at radius 2 is 1.44 bits per heavy atom. The SMILES string of the molecule is COC(CCC[C@H](C=C[C@@H](C)O[Si](c1ccccc1)(c1ccccc1)C(C)(C)C)N=C=O)OC. The van der Waals surface area contributed by atoms with Gasteiger partial charge in [0.05, 0.1) is 12.1 Å². The fraction of sp³-hybridized carbons (Fsp3) is 0.464. The minimum atomic E-state index is -2.65. The third kappa shape index (κ3) is 7.33. The van der Waals surface area contributed by atoms with Gasteiger partial charge in [0.2, 0.25) is 6.08 Å². The van der Waals surface area contributed by atoms with Crippen molar-refractivity contribution in [2.45, 2.75) is 70.4 Å². The number of ether oxygens (including phenoxy) is 2. The zero-order chi connectivity index (χ0) is 25.0. The number of hydrogen-bond acceptors (Lipinski definition) is 5. The number of aliphatic imine (C=N–C) groups is 1. The minimum Gasteiger partial charge on any atom is -0.401 e. The number of hydrogen-bond donors (Lipinski definition) is 0. The van der Waals surface area contributed by atoms with Crippen LogP contribution < -0.4 is 10.4 Å². The summed E-state index contributed by atoms with van der Waals surface area (Å²) in [6, 6.07) is 20.9. The van der Waals surface area contributed by atoms with Crippen LogP contribution in [0.4, 0.5) is 0 Å². The first-order valence-electron chi connectivity index (χ1n) is 11.9. The molecule has 2 rings (SSSR count). The summed E-state index contributed by atoms with van der Waals surface area (Å²) >= 11 is 0. The van der Waals surface area contributed by atoms with Crippen LogP contribution in [0, 0.1) is 0 Å². The molecule has 0 unspecified atom stereocenters. The van der Waals surface area contributed by atoms with Gasteiger partial charge in [-0.1, -0.05) is 93.6 Å². The van der Waals surface area contributed by atoms with Crippen LogP contribution >= 0.6 is 0 Å². The maximum absolute atomic E-state index is 11.0. The van der Waals surface area contributed by atoms with Gasteiger partial charge in [0, 0.05) is 14.2 Å². The predicted molar refractivity (Wildman–Crippen MR) is 141 cm³/mol. The summed E-state index contributed by atoms with van der Waals surface area (Å²) in [6.07, 6.45) is 7.54. The van der Waals surface area contributed by atoms with E-state index >= 15 is 0 Å². The number of isocyanates is 1. The van der Waals surface area contributed by atoms with E-state index < -0.39 is 8.32 Å². The van der Waals surface area contributed by atoms with Crippen molar-refractivity contribution in [2.24, 2.45) is 4.99 Å². The Bertz CT molecular complexity index is 877. The maximum Gasteiger partial charge on any atom is 0.261 e. The van der Waals surface area contributed by atoms with Gasteiger partial charge in [0.1, 0.15) is 0 Å². The van der Waals surface area contributed by atoms with Crippen molar-refractivity contribution < 1.29 is 18.7 Å². The first-order chi connectivity index (χ1) is 16.3. The molecule has 0 amide bonds. The molecule has 5 nitrogen and oxygen atoms in total. The molecule has 2 aromatic rings. The van der Waals surface area contributed by atoms with Crippen molar-refractivity contribution in [1.29, 1.82) is 0 Å². The quantitative estimate of drug-likeness (QED) is 0.133. The number of carbonyl (C=O) groups excluding carboxylic acids is 1. The van der Waals surface area contributed by atoms with Crippen LogP contribution in [-0.2, 0) is 18.7 Å². The highest BCUT2D eigenvalue weighted by Crippen LogP contribution is 2.37. The lowest BCUT2D eigenvalue weighted by Gasteiger charge is -2.44. The standard InChI is InChI=1S/C28H39NO4Si/c1-23(20-21-24(29-22-30)14-13-19-27(31-5)32-6)33-34(28(2,3)4,25-15-9-7-10-16-25)26-17-11-8-12-18-26/h7-12,15-18,20-21,23-24,27H,13-14,19H2,1-6H3/t23-,24-/m1/s1. The molecule has 0 aromatic heterocycles. The van der Waals surface area contributed by atoms with Crippen molar-refractivity contribution >= 4 is 24.8 Å². The van der Waals surface area contributed by atoms with E-state index in [9.17, 15) is 4.79 Å². The summed E-state index contributed by atoms with van der Waals surface area (Å²) in [5, 5.41) is 2.37. The van der Waals surface area contributed by atoms with E-state index in [4.69, 9.17) is 13.9 Å². The second-order valence-corrected chi connectivity index (χ2v) is 13.7. The van der Waals surface area contributed by atoms with Crippen LogP contribution in [-0.4, -0.2) is 47.1 Å². The lowest BCUT2D eigenvalue weighted by molar-refractivity contribution is -0.107. The van der Waals surface area contributed by atoms with E-state index in [1.165, 1.54) is 10.4 Å². The molecule has 0 saturated heterocycles. The summed E-state index contributed by atoms with van der Waals surface area (Å²) in [7, 11) is 0.603. The molecule has 0 heterocycles. The average Bonchev–Trinajstić information content (AvgIpc) is 2.84. The van der Waals surface area contributed by atoms with Crippen molar-refractivity contribution in [3.63, 3.8) is 0 Å². The molecule has 0 radical (unpaired) electrons. The normalized spacial score (nSPS) is 14.2. The van der Waals surface area contributed by atoms with Gasteiger partial charge >= 0.3 is 0 Å². The molecule has 184 valence electrons. The largest absolute Gasteiger partial charge is 0.401 e. The van der Waals surface area contributed by atoms with Crippen molar-refractivity contribution in [2.75, 3.05) is 14.2 Å². The molecule has 0 spiro atoms. The summed E-state index contributed by atoms with van der Waals surface area (Å²) in [6.45, 7) is 8.84. The smallest absolute Gasteiger partial charge is 0.261 e. The first kappa shape index (κ1) is 27.9. The highest BCUT2D eigenvalue weighted by atomic mass is 28.4. The lowest BCUT2D eigenvalue weighted by Crippen LogP contribution is -2.67. The van der Waals surface area contributed by atoms with E-state index in [1.54, 1.807) is 20.3 Å². The summed E-state index contributed by atoms with van der Waals surface area (Å²) in [4.78, 5) is 15.0. The zero-order valence-electron chi connectivity index (χ0n) is 21.4. The molecule has 0 N–H and O–H groups in total. The summed E-state index contributed by atoms with van der Waals surface area (Å²) in [5.74, 6) is 0. The molecule has 0 saturated carbocycles. The Morgan fingerprint density at radius 3 is 1.88 bits per heavy atom. The first-order valence-corrected chi connectivity index (χ1v) is 13.8. The van der Waals surface area contributed by atoms with Gasteiger partial charge in [-0.25, -0.2) is 4.79 Å².